The number of hydrogen-bond acceptors (Lipinski definition) is 3. The lowest BCUT2D eigenvalue weighted by Crippen LogP contribution is -2.19. The molecule has 16 heavy (non-hydrogen) atoms. The molecule has 0 aliphatic heterocycles. The van der Waals surface area contributed by atoms with Crippen LogP contribution in [-0.4, -0.2) is 12.2 Å². The first-order valence-corrected chi connectivity index (χ1v) is 5.25. The summed E-state index contributed by atoms with van der Waals surface area (Å²) in [6.07, 6.45) is -0.623. The molecule has 3 N–H and O–H groups in total. The molecule has 0 heterocycles. The Labute approximate surface area is 95.8 Å². The summed E-state index contributed by atoms with van der Waals surface area (Å²) in [6, 6.07) is 3.69. The number of hydrogen-bond donors (Lipinski definition) is 2. The van der Waals surface area contributed by atoms with Crippen LogP contribution in [0.4, 0.5) is 16.2 Å². The lowest BCUT2D eigenvalue weighted by Gasteiger charge is -2.14. The lowest BCUT2D eigenvalue weighted by atomic mass is 10.1. The van der Waals surface area contributed by atoms with E-state index in [0.717, 1.165) is 11.1 Å². The van der Waals surface area contributed by atoms with Crippen LogP contribution in [0.5, 0.6) is 0 Å². The van der Waals surface area contributed by atoms with Gasteiger partial charge in [-0.1, -0.05) is 6.07 Å². The first-order chi connectivity index (χ1) is 7.41. The number of carbonyl (C=O) groups is 1. The van der Waals surface area contributed by atoms with Crippen LogP contribution in [0.1, 0.15) is 25.0 Å². The molecular weight excluding hydrogens is 204 g/mol. The number of carbonyl (C=O) groups excluding carboxylic acids is 1. The fourth-order valence-corrected chi connectivity index (χ4v) is 1.35. The molecule has 4 nitrogen and oxygen atoms in total. The van der Waals surface area contributed by atoms with Gasteiger partial charge in [-0.05, 0) is 44.9 Å². The van der Waals surface area contributed by atoms with Crippen LogP contribution in [0.3, 0.4) is 0 Å². The van der Waals surface area contributed by atoms with Gasteiger partial charge in [-0.25, -0.2) is 4.79 Å². The normalized spacial score (nSPS) is 10.3. The summed E-state index contributed by atoms with van der Waals surface area (Å²) in [7, 11) is 0. The van der Waals surface area contributed by atoms with Crippen LogP contribution in [0.25, 0.3) is 0 Å². The van der Waals surface area contributed by atoms with Gasteiger partial charge in [0.05, 0.1) is 17.5 Å². The average molecular weight is 222 g/mol. The fraction of sp³-hybridized carbons (Fsp3) is 0.417. The maximum absolute atomic E-state index is 11.4. The molecule has 0 aromatic heterocycles. The lowest BCUT2D eigenvalue weighted by molar-refractivity contribution is 0.130. The van der Waals surface area contributed by atoms with Crippen molar-refractivity contribution in [3.05, 3.63) is 23.3 Å². The Morgan fingerprint density at radius 1 is 1.38 bits per heavy atom. The highest BCUT2D eigenvalue weighted by atomic mass is 16.6. The number of anilines is 2. The number of amides is 1. The SMILES string of the molecule is Cc1ccc(N)c(NC(=O)OC(C)C)c1C. The Morgan fingerprint density at radius 3 is 2.56 bits per heavy atom. The predicted molar refractivity (Wildman–Crippen MR) is 65.6 cm³/mol. The van der Waals surface area contributed by atoms with Gasteiger partial charge >= 0.3 is 6.09 Å². The van der Waals surface area contributed by atoms with E-state index in [1.165, 1.54) is 0 Å². The summed E-state index contributed by atoms with van der Waals surface area (Å²) in [5.41, 5.74) is 9.01. The van der Waals surface area contributed by atoms with Crippen molar-refractivity contribution in [1.29, 1.82) is 0 Å². The zero-order valence-corrected chi connectivity index (χ0v) is 10.1. The fourth-order valence-electron chi connectivity index (χ4n) is 1.35. The number of rotatable bonds is 2. The number of nitrogen functional groups attached to an aromatic ring is 1. The topological polar surface area (TPSA) is 64.3 Å². The van der Waals surface area contributed by atoms with E-state index >= 15 is 0 Å². The quantitative estimate of drug-likeness (QED) is 0.756. The number of nitrogens with one attached hydrogen (secondary N) is 1. The average Bonchev–Trinajstić information content (AvgIpc) is 2.17. The molecule has 0 unspecified atom stereocenters. The Balaban J connectivity index is 2.88. The van der Waals surface area contributed by atoms with Crippen molar-refractivity contribution >= 4 is 17.5 Å². The molecule has 1 aromatic rings. The van der Waals surface area contributed by atoms with Gasteiger partial charge < -0.3 is 10.5 Å². The molecule has 4 heteroatoms. The smallest absolute Gasteiger partial charge is 0.411 e. The molecule has 0 saturated heterocycles. The van der Waals surface area contributed by atoms with E-state index in [1.54, 1.807) is 19.9 Å². The van der Waals surface area contributed by atoms with Gasteiger partial charge in [-0.15, -0.1) is 0 Å². The number of aryl methyl sites for hydroxylation is 1. The minimum atomic E-state index is -0.476. The second kappa shape index (κ2) is 4.88. The third-order valence-electron chi connectivity index (χ3n) is 2.34. The Kier molecular flexibility index (Phi) is 3.77. The predicted octanol–water partition coefficient (Wildman–Crippen LogP) is 2.84. The van der Waals surface area contributed by atoms with Crippen molar-refractivity contribution in [2.75, 3.05) is 11.1 Å². The molecule has 1 rings (SSSR count). The van der Waals surface area contributed by atoms with Crippen LogP contribution >= 0.6 is 0 Å². The summed E-state index contributed by atoms with van der Waals surface area (Å²) >= 11 is 0. The number of ether oxygens (including phenoxy) is 1. The molecule has 0 fully saturated rings. The van der Waals surface area contributed by atoms with E-state index in [4.69, 9.17) is 10.5 Å². The molecule has 0 radical (unpaired) electrons. The molecule has 0 saturated carbocycles. The standard InChI is InChI=1S/C12H18N2O2/c1-7(2)16-12(15)14-11-9(4)8(3)5-6-10(11)13/h5-7H,13H2,1-4H3,(H,14,15). The van der Waals surface area contributed by atoms with E-state index in [0.29, 0.717) is 11.4 Å². The minimum absolute atomic E-state index is 0.147. The van der Waals surface area contributed by atoms with Crippen molar-refractivity contribution < 1.29 is 9.53 Å². The molecule has 1 aromatic carbocycles. The first-order valence-electron chi connectivity index (χ1n) is 5.25. The molecule has 1 amide bonds. The highest BCUT2D eigenvalue weighted by Gasteiger charge is 2.11. The monoisotopic (exact) mass is 222 g/mol. The Bertz CT molecular complexity index is 400. The van der Waals surface area contributed by atoms with Crippen LogP contribution in [0.2, 0.25) is 0 Å². The second-order valence-corrected chi connectivity index (χ2v) is 4.05. The summed E-state index contributed by atoms with van der Waals surface area (Å²) in [6.45, 7) is 7.47. The molecular formula is C12H18N2O2. The molecule has 0 bridgehead atoms. The van der Waals surface area contributed by atoms with E-state index in [2.05, 4.69) is 5.32 Å². The Hall–Kier alpha value is -1.71. The Morgan fingerprint density at radius 2 is 2.00 bits per heavy atom. The third kappa shape index (κ3) is 2.89. The van der Waals surface area contributed by atoms with Crippen LogP contribution in [0.15, 0.2) is 12.1 Å². The van der Waals surface area contributed by atoms with Gasteiger partial charge in [0, 0.05) is 0 Å². The zero-order valence-electron chi connectivity index (χ0n) is 10.1. The zero-order chi connectivity index (χ0) is 12.3. The van der Waals surface area contributed by atoms with Gasteiger partial charge in [0.15, 0.2) is 0 Å². The van der Waals surface area contributed by atoms with Crippen molar-refractivity contribution in [2.45, 2.75) is 33.8 Å². The largest absolute Gasteiger partial charge is 0.447 e. The first kappa shape index (κ1) is 12.4. The van der Waals surface area contributed by atoms with Crippen LogP contribution < -0.4 is 11.1 Å². The second-order valence-electron chi connectivity index (χ2n) is 4.05. The van der Waals surface area contributed by atoms with E-state index in [-0.39, 0.29) is 6.10 Å². The van der Waals surface area contributed by atoms with Crippen molar-refractivity contribution in [3.63, 3.8) is 0 Å². The molecule has 88 valence electrons. The molecule has 0 spiro atoms. The van der Waals surface area contributed by atoms with Crippen LogP contribution in [0, 0.1) is 13.8 Å². The van der Waals surface area contributed by atoms with Gasteiger partial charge in [-0.3, -0.25) is 5.32 Å². The maximum atomic E-state index is 11.4. The summed E-state index contributed by atoms with van der Waals surface area (Å²) in [5.74, 6) is 0. The highest BCUT2D eigenvalue weighted by molar-refractivity contribution is 5.90. The summed E-state index contributed by atoms with van der Waals surface area (Å²) in [4.78, 5) is 11.4. The molecule has 0 aliphatic rings. The van der Waals surface area contributed by atoms with E-state index in [1.807, 2.05) is 19.9 Å². The maximum Gasteiger partial charge on any atom is 0.411 e. The van der Waals surface area contributed by atoms with Gasteiger partial charge in [0.1, 0.15) is 0 Å². The van der Waals surface area contributed by atoms with E-state index < -0.39 is 6.09 Å². The van der Waals surface area contributed by atoms with Crippen molar-refractivity contribution in [1.82, 2.24) is 0 Å². The van der Waals surface area contributed by atoms with E-state index in [9.17, 15) is 4.79 Å². The number of nitrogens with two attached hydrogens (primary N) is 1. The van der Waals surface area contributed by atoms with Gasteiger partial charge in [-0.2, -0.15) is 0 Å². The van der Waals surface area contributed by atoms with Crippen LogP contribution in [-0.2, 0) is 4.74 Å². The number of benzene rings is 1. The summed E-state index contributed by atoms with van der Waals surface area (Å²) < 4.78 is 5.00. The summed E-state index contributed by atoms with van der Waals surface area (Å²) in [5, 5.41) is 2.66. The van der Waals surface area contributed by atoms with Crippen molar-refractivity contribution in [2.24, 2.45) is 0 Å². The minimum Gasteiger partial charge on any atom is -0.447 e. The van der Waals surface area contributed by atoms with Crippen molar-refractivity contribution in [3.8, 4) is 0 Å². The highest BCUT2D eigenvalue weighted by Crippen LogP contribution is 2.25. The van der Waals surface area contributed by atoms with Gasteiger partial charge in [0.25, 0.3) is 0 Å². The third-order valence-corrected chi connectivity index (χ3v) is 2.34. The van der Waals surface area contributed by atoms with Gasteiger partial charge in [0.2, 0.25) is 0 Å². The molecule has 0 aliphatic carbocycles. The molecule has 0 atom stereocenters.